The molecule has 0 unspecified atom stereocenters. The summed E-state index contributed by atoms with van der Waals surface area (Å²) in [5, 5.41) is 5.18. The highest BCUT2D eigenvalue weighted by Crippen LogP contribution is 2.15. The minimum atomic E-state index is -0.687. The van der Waals surface area contributed by atoms with Gasteiger partial charge in [0.25, 0.3) is 0 Å². The van der Waals surface area contributed by atoms with Gasteiger partial charge in [-0.1, -0.05) is 11.6 Å². The number of aromatic amines is 2. The zero-order chi connectivity index (χ0) is 13.1. The predicted molar refractivity (Wildman–Crippen MR) is 66.5 cm³/mol. The number of aryl methyl sites for hydroxylation is 2. The smallest absolute Gasteiger partial charge is 0.302 e. The summed E-state index contributed by atoms with van der Waals surface area (Å²) in [6, 6.07) is 5.51. The van der Waals surface area contributed by atoms with Crippen LogP contribution in [0.15, 0.2) is 33.9 Å². The maximum atomic E-state index is 13.1. The Morgan fingerprint density at radius 1 is 1.06 bits per heavy atom. The molecule has 1 heterocycles. The molecule has 0 fully saturated rings. The summed E-state index contributed by atoms with van der Waals surface area (Å²) in [6.45, 7) is 0. The lowest BCUT2D eigenvalue weighted by molar-refractivity contribution is 0.625. The summed E-state index contributed by atoms with van der Waals surface area (Å²) in [5.74, 6) is -0.396. The van der Waals surface area contributed by atoms with Gasteiger partial charge in [0, 0.05) is 16.8 Å². The molecule has 0 saturated carbocycles. The fourth-order valence-corrected chi connectivity index (χ4v) is 1.87. The number of nitrogens with one attached hydrogen (secondary N) is 2. The van der Waals surface area contributed by atoms with Crippen molar-refractivity contribution in [3.63, 3.8) is 0 Å². The molecule has 0 radical (unpaired) electrons. The van der Waals surface area contributed by atoms with Gasteiger partial charge < -0.3 is 5.10 Å². The van der Waals surface area contributed by atoms with Crippen molar-refractivity contribution >= 4 is 11.6 Å². The molecule has 1 aromatic carbocycles. The molecule has 0 aliphatic rings. The van der Waals surface area contributed by atoms with Crippen molar-refractivity contribution < 1.29 is 4.39 Å². The topological polar surface area (TPSA) is 65.7 Å². The Morgan fingerprint density at radius 3 is 2.50 bits per heavy atom. The van der Waals surface area contributed by atoms with Gasteiger partial charge in [-0.05, 0) is 36.6 Å². The van der Waals surface area contributed by atoms with Crippen LogP contribution >= 0.6 is 11.6 Å². The molecule has 0 bridgehead atoms. The van der Waals surface area contributed by atoms with Crippen molar-refractivity contribution in [2.45, 2.75) is 12.8 Å². The molecule has 0 amide bonds. The van der Waals surface area contributed by atoms with E-state index in [-0.39, 0.29) is 0 Å². The first kappa shape index (κ1) is 12.6. The Bertz CT molecular complexity index is 658. The molecule has 0 atom stereocenters. The van der Waals surface area contributed by atoms with E-state index in [1.54, 1.807) is 6.07 Å². The van der Waals surface area contributed by atoms with Crippen LogP contribution in [0.3, 0.4) is 0 Å². The summed E-state index contributed by atoms with van der Waals surface area (Å²) in [6.07, 6.45) is 0.991. The second kappa shape index (κ2) is 5.18. The maximum absolute atomic E-state index is 13.1. The van der Waals surface area contributed by atoms with Crippen LogP contribution in [0.25, 0.3) is 0 Å². The molecule has 0 spiro atoms. The minimum Gasteiger partial charge on any atom is -0.302 e. The molecule has 1 aromatic heterocycles. The number of H-pyrrole nitrogens is 2. The van der Waals surface area contributed by atoms with Crippen molar-refractivity contribution in [2.24, 2.45) is 0 Å². The van der Waals surface area contributed by atoms with Crippen LogP contribution in [0.1, 0.15) is 11.3 Å². The molecule has 2 N–H and O–H groups in total. The van der Waals surface area contributed by atoms with E-state index < -0.39 is 16.8 Å². The lowest BCUT2D eigenvalue weighted by Crippen LogP contribution is -2.27. The van der Waals surface area contributed by atoms with E-state index in [9.17, 15) is 14.0 Å². The number of halogens is 2. The van der Waals surface area contributed by atoms with Gasteiger partial charge >= 0.3 is 5.56 Å². The third kappa shape index (κ3) is 3.07. The third-order valence-corrected chi connectivity index (χ3v) is 2.69. The van der Waals surface area contributed by atoms with Crippen LogP contribution in [-0.2, 0) is 12.8 Å². The molecule has 94 valence electrons. The second-order valence-electron chi connectivity index (χ2n) is 3.89. The molecular weight excluding hydrogens is 259 g/mol. The molecule has 2 aromatic rings. The number of benzene rings is 1. The first-order valence-corrected chi connectivity index (χ1v) is 5.68. The van der Waals surface area contributed by atoms with Gasteiger partial charge in [-0.3, -0.25) is 14.7 Å². The Hall–Kier alpha value is -1.88. The van der Waals surface area contributed by atoms with Crippen LogP contribution in [0.5, 0.6) is 0 Å². The van der Waals surface area contributed by atoms with Crippen LogP contribution in [-0.4, -0.2) is 10.2 Å². The van der Waals surface area contributed by atoms with Gasteiger partial charge in [0.1, 0.15) is 5.82 Å². The van der Waals surface area contributed by atoms with Gasteiger partial charge in [0.2, 0.25) is 5.43 Å². The van der Waals surface area contributed by atoms with Gasteiger partial charge in [-0.2, -0.15) is 0 Å². The fraction of sp³-hybridized carbons (Fsp3) is 0.167. The quantitative estimate of drug-likeness (QED) is 0.831. The van der Waals surface area contributed by atoms with E-state index in [0.717, 1.165) is 5.56 Å². The lowest BCUT2D eigenvalue weighted by Gasteiger charge is -2.03. The summed E-state index contributed by atoms with van der Waals surface area (Å²) in [7, 11) is 0. The molecule has 0 saturated heterocycles. The number of hydrogen-bond acceptors (Lipinski definition) is 2. The van der Waals surface area contributed by atoms with Gasteiger partial charge in [-0.25, -0.2) is 4.39 Å². The Kier molecular flexibility index (Phi) is 3.62. The van der Waals surface area contributed by atoms with E-state index in [2.05, 4.69) is 10.2 Å². The van der Waals surface area contributed by atoms with E-state index in [1.807, 2.05) is 0 Å². The highest BCUT2D eigenvalue weighted by Gasteiger charge is 2.02. The zero-order valence-corrected chi connectivity index (χ0v) is 10.1. The lowest BCUT2D eigenvalue weighted by atomic mass is 10.1. The van der Waals surface area contributed by atoms with Gasteiger partial charge in [0.05, 0.1) is 0 Å². The zero-order valence-electron chi connectivity index (χ0n) is 9.30. The predicted octanol–water partition coefficient (Wildman–Crippen LogP) is 1.64. The average molecular weight is 269 g/mol. The van der Waals surface area contributed by atoms with Crippen molar-refractivity contribution in [3.05, 3.63) is 66.9 Å². The van der Waals surface area contributed by atoms with Crippen LogP contribution < -0.4 is 11.0 Å². The normalized spacial score (nSPS) is 10.6. The molecule has 18 heavy (non-hydrogen) atoms. The Labute approximate surface area is 106 Å². The molecule has 6 heteroatoms. The largest absolute Gasteiger partial charge is 0.310 e. The maximum Gasteiger partial charge on any atom is 0.310 e. The molecule has 0 aliphatic carbocycles. The standard InChI is InChI=1S/C12H10ClFN2O2/c13-8-3-7(4-9(14)5-8)1-2-10-6-11(17)12(18)16-15-10/h3-6H,1-2H2,(H,15,17)(H,16,18). The van der Waals surface area contributed by atoms with Crippen molar-refractivity contribution in [1.29, 1.82) is 0 Å². The summed E-state index contributed by atoms with van der Waals surface area (Å²) >= 11 is 5.73. The van der Waals surface area contributed by atoms with Crippen molar-refractivity contribution in [2.75, 3.05) is 0 Å². The summed E-state index contributed by atoms with van der Waals surface area (Å²) < 4.78 is 13.1. The molecule has 4 nitrogen and oxygen atoms in total. The van der Waals surface area contributed by atoms with E-state index in [0.29, 0.717) is 23.6 Å². The Morgan fingerprint density at radius 2 is 1.83 bits per heavy atom. The molecule has 0 aliphatic heterocycles. The van der Waals surface area contributed by atoms with Crippen molar-refractivity contribution in [1.82, 2.24) is 10.2 Å². The van der Waals surface area contributed by atoms with Gasteiger partial charge in [0.15, 0.2) is 0 Å². The first-order chi connectivity index (χ1) is 8.54. The van der Waals surface area contributed by atoms with Crippen LogP contribution in [0.4, 0.5) is 4.39 Å². The Balaban J connectivity index is 2.13. The van der Waals surface area contributed by atoms with E-state index in [1.165, 1.54) is 18.2 Å². The molecular formula is C12H10ClFN2O2. The highest BCUT2D eigenvalue weighted by atomic mass is 35.5. The number of hydrogen-bond donors (Lipinski definition) is 2. The highest BCUT2D eigenvalue weighted by molar-refractivity contribution is 6.30. The van der Waals surface area contributed by atoms with Crippen LogP contribution in [0, 0.1) is 5.82 Å². The number of rotatable bonds is 3. The fourth-order valence-electron chi connectivity index (χ4n) is 1.63. The summed E-state index contributed by atoms with van der Waals surface area (Å²) in [4.78, 5) is 22.0. The van der Waals surface area contributed by atoms with Gasteiger partial charge in [-0.15, -0.1) is 0 Å². The summed E-state index contributed by atoms with van der Waals surface area (Å²) in [5.41, 5.74) is 0.0283. The first-order valence-electron chi connectivity index (χ1n) is 5.30. The minimum absolute atomic E-state index is 0.333. The molecule has 2 rings (SSSR count). The monoisotopic (exact) mass is 268 g/mol. The second-order valence-corrected chi connectivity index (χ2v) is 4.33. The van der Waals surface area contributed by atoms with E-state index in [4.69, 9.17) is 11.6 Å². The third-order valence-electron chi connectivity index (χ3n) is 2.47. The van der Waals surface area contributed by atoms with E-state index >= 15 is 0 Å². The number of aromatic nitrogens is 2. The average Bonchev–Trinajstić information content (AvgIpc) is 2.29. The van der Waals surface area contributed by atoms with Crippen molar-refractivity contribution in [3.8, 4) is 0 Å². The SMILES string of the molecule is O=c1cc(CCc2cc(F)cc(Cl)c2)[nH][nH]c1=O. The van der Waals surface area contributed by atoms with Crippen LogP contribution in [0.2, 0.25) is 5.02 Å².